The van der Waals surface area contributed by atoms with E-state index in [1.54, 1.807) is 11.3 Å². The molecule has 2 unspecified atom stereocenters. The number of benzene rings is 1. The lowest BCUT2D eigenvalue weighted by Crippen LogP contribution is -2.28. The Labute approximate surface area is 239 Å². The molecule has 38 heavy (non-hydrogen) atoms. The lowest BCUT2D eigenvalue weighted by molar-refractivity contribution is -0.114. The minimum atomic E-state index is -0.244. The number of carbonyl (C=O) groups excluding carboxylic acids is 1. The normalized spacial score (nSPS) is 23.0. The molecule has 1 aliphatic heterocycles. The van der Waals surface area contributed by atoms with Crippen molar-refractivity contribution in [3.05, 3.63) is 98.2 Å². The van der Waals surface area contributed by atoms with Gasteiger partial charge in [-0.25, -0.2) is 0 Å². The van der Waals surface area contributed by atoms with Gasteiger partial charge < -0.3 is 4.90 Å². The largest absolute Gasteiger partial charge is 0.359 e. The summed E-state index contributed by atoms with van der Waals surface area (Å²) < 4.78 is 0. The first kappa shape index (κ1) is 25.9. The van der Waals surface area contributed by atoms with Crippen molar-refractivity contribution in [2.45, 2.75) is 59.4 Å². The number of ketones is 1. The molecule has 0 radical (unpaired) electrons. The van der Waals surface area contributed by atoms with Crippen LogP contribution in [0, 0.1) is 10.8 Å². The summed E-state index contributed by atoms with van der Waals surface area (Å²) in [5, 5.41) is 3.00. The Balaban J connectivity index is 1.51. The smallest absolute Gasteiger partial charge is 0.186 e. The van der Waals surface area contributed by atoms with Gasteiger partial charge in [-0.2, -0.15) is 0 Å². The predicted molar refractivity (Wildman–Crippen MR) is 163 cm³/mol. The molecule has 2 fully saturated rings. The SMILES string of the molecule is CC(C)(C)C1=CC(=C(c2ccc(-c3cccs3)s2)N2CC23CC3c2ccccc2Cl)C=C(C(C)(C)C)C1=O. The van der Waals surface area contributed by atoms with E-state index in [9.17, 15) is 4.79 Å². The van der Waals surface area contributed by atoms with E-state index < -0.39 is 0 Å². The second kappa shape index (κ2) is 8.81. The number of nitrogens with zero attached hydrogens (tertiary/aromatic N) is 1. The number of Topliss-reactive ketones (excluding diaryl/α,β-unsaturated/α-hetero) is 1. The van der Waals surface area contributed by atoms with Crippen LogP contribution in [0.1, 0.15) is 64.3 Å². The zero-order chi connectivity index (χ0) is 27.0. The zero-order valence-corrected chi connectivity index (χ0v) is 25.3. The molecule has 1 spiro atoms. The summed E-state index contributed by atoms with van der Waals surface area (Å²) in [6.45, 7) is 13.9. The number of hydrogen-bond donors (Lipinski definition) is 0. The Morgan fingerprint density at radius 3 is 2.21 bits per heavy atom. The molecule has 6 rings (SSSR count). The highest BCUT2D eigenvalue weighted by molar-refractivity contribution is 7.21. The van der Waals surface area contributed by atoms with Gasteiger partial charge in [0.1, 0.15) is 0 Å². The van der Waals surface area contributed by atoms with Crippen molar-refractivity contribution < 1.29 is 4.79 Å². The lowest BCUT2D eigenvalue weighted by Gasteiger charge is -2.32. The third kappa shape index (κ3) is 4.35. The highest BCUT2D eigenvalue weighted by Crippen LogP contribution is 2.68. The topological polar surface area (TPSA) is 20.1 Å². The molecule has 2 nitrogen and oxygen atoms in total. The molecule has 5 heteroatoms. The third-order valence-electron chi connectivity index (χ3n) is 8.04. The number of halogens is 1. The van der Waals surface area contributed by atoms with Crippen LogP contribution in [-0.2, 0) is 4.79 Å². The number of allylic oxidation sites excluding steroid dienone is 5. The third-order valence-corrected chi connectivity index (χ3v) is 10.5. The van der Waals surface area contributed by atoms with Crippen LogP contribution in [0.2, 0.25) is 5.02 Å². The average Bonchev–Trinajstić information content (AvgIpc) is 3.49. The summed E-state index contributed by atoms with van der Waals surface area (Å²) in [4.78, 5) is 20.1. The van der Waals surface area contributed by atoms with E-state index in [1.165, 1.54) is 25.9 Å². The molecule has 0 bridgehead atoms. The van der Waals surface area contributed by atoms with Crippen molar-refractivity contribution in [1.29, 1.82) is 0 Å². The van der Waals surface area contributed by atoms with Crippen LogP contribution in [0.4, 0.5) is 0 Å². The Bertz CT molecular complexity index is 1490. The van der Waals surface area contributed by atoms with Crippen molar-refractivity contribution in [1.82, 2.24) is 4.90 Å². The molecule has 2 aliphatic carbocycles. The van der Waals surface area contributed by atoms with E-state index in [0.29, 0.717) is 5.92 Å². The van der Waals surface area contributed by atoms with Gasteiger partial charge in [0, 0.05) is 44.0 Å². The molecule has 0 N–H and O–H groups in total. The van der Waals surface area contributed by atoms with Crippen LogP contribution in [-0.4, -0.2) is 22.8 Å². The molecule has 196 valence electrons. The summed E-state index contributed by atoms with van der Waals surface area (Å²) >= 11 is 10.3. The molecule has 3 heterocycles. The van der Waals surface area contributed by atoms with E-state index in [-0.39, 0.29) is 22.2 Å². The minimum absolute atomic E-state index is 0.118. The predicted octanol–water partition coefficient (Wildman–Crippen LogP) is 9.61. The van der Waals surface area contributed by atoms with E-state index in [1.807, 2.05) is 23.5 Å². The van der Waals surface area contributed by atoms with Crippen molar-refractivity contribution >= 4 is 45.8 Å². The second-order valence-corrected chi connectivity index (χ2v) is 15.3. The minimum Gasteiger partial charge on any atom is -0.359 e. The standard InChI is InChI=1S/C33H34ClNOS2/c1-31(2,3)22-16-20(17-23(30(22)36)32(4,5)6)29(28-14-13-27(38-28)26-12-9-15-37-26)35-19-33(35)18-24(33)21-10-7-8-11-25(21)34/h7-17,24H,18-19H2,1-6H3. The van der Waals surface area contributed by atoms with Gasteiger partial charge in [0.05, 0.1) is 16.1 Å². The van der Waals surface area contributed by atoms with Crippen LogP contribution in [0.3, 0.4) is 0 Å². The van der Waals surface area contributed by atoms with Gasteiger partial charge in [0.25, 0.3) is 0 Å². The van der Waals surface area contributed by atoms with Crippen LogP contribution in [0.25, 0.3) is 15.5 Å². The molecule has 2 atom stereocenters. The summed E-state index contributed by atoms with van der Waals surface area (Å²) in [5.74, 6) is 0.616. The van der Waals surface area contributed by atoms with E-state index in [0.717, 1.165) is 34.7 Å². The molecule has 3 aliphatic rings. The molecule has 2 aromatic heterocycles. The monoisotopic (exact) mass is 559 g/mol. The number of rotatable bonds is 4. The summed E-state index contributed by atoms with van der Waals surface area (Å²) in [6.07, 6.45) is 5.47. The fourth-order valence-corrected chi connectivity index (χ4v) is 7.98. The molecule has 1 saturated carbocycles. The Morgan fingerprint density at radius 1 is 0.921 bits per heavy atom. The zero-order valence-electron chi connectivity index (χ0n) is 22.9. The quantitative estimate of drug-likeness (QED) is 0.296. The van der Waals surface area contributed by atoms with Gasteiger partial charge in [0.2, 0.25) is 0 Å². The number of hydrogen-bond acceptors (Lipinski definition) is 4. The molecule has 1 aromatic carbocycles. The first-order valence-electron chi connectivity index (χ1n) is 13.3. The molecule has 1 saturated heterocycles. The average molecular weight is 560 g/mol. The van der Waals surface area contributed by atoms with Crippen LogP contribution in [0.15, 0.2) is 82.8 Å². The number of thiophene rings is 2. The summed E-state index contributed by atoms with van der Waals surface area (Å²) in [6, 6.07) is 17.1. The van der Waals surface area contributed by atoms with Gasteiger partial charge >= 0.3 is 0 Å². The van der Waals surface area contributed by atoms with Crippen molar-refractivity contribution in [3.63, 3.8) is 0 Å². The maximum absolute atomic E-state index is 13.7. The maximum Gasteiger partial charge on any atom is 0.186 e. The highest BCUT2D eigenvalue weighted by atomic mass is 35.5. The molecule has 0 amide bonds. The van der Waals surface area contributed by atoms with E-state index in [4.69, 9.17) is 11.6 Å². The molecular formula is C33H34ClNOS2. The fraction of sp³-hybridized carbons (Fsp3) is 0.364. The highest BCUT2D eigenvalue weighted by Gasteiger charge is 2.71. The van der Waals surface area contributed by atoms with Crippen molar-refractivity contribution in [3.8, 4) is 9.75 Å². The molecular weight excluding hydrogens is 526 g/mol. The van der Waals surface area contributed by atoms with E-state index >= 15 is 0 Å². The lowest BCUT2D eigenvalue weighted by atomic mass is 9.71. The van der Waals surface area contributed by atoms with Gasteiger partial charge in [-0.1, -0.05) is 77.4 Å². The fourth-order valence-electron chi connectivity index (χ4n) is 5.79. The van der Waals surface area contributed by atoms with Gasteiger partial charge in [-0.05, 0) is 64.6 Å². The summed E-state index contributed by atoms with van der Waals surface area (Å²) in [5.41, 5.74) is 5.07. The van der Waals surface area contributed by atoms with Crippen molar-refractivity contribution in [2.75, 3.05) is 6.54 Å². The summed E-state index contributed by atoms with van der Waals surface area (Å²) in [7, 11) is 0. The maximum atomic E-state index is 13.7. The number of carbonyl (C=O) groups is 1. The Morgan fingerprint density at radius 2 is 1.61 bits per heavy atom. The van der Waals surface area contributed by atoms with Crippen molar-refractivity contribution in [2.24, 2.45) is 10.8 Å². The second-order valence-electron chi connectivity index (χ2n) is 12.9. The van der Waals surface area contributed by atoms with Crippen LogP contribution < -0.4 is 0 Å². The van der Waals surface area contributed by atoms with Crippen LogP contribution in [0.5, 0.6) is 0 Å². The van der Waals surface area contributed by atoms with Gasteiger partial charge in [0.15, 0.2) is 5.78 Å². The van der Waals surface area contributed by atoms with E-state index in [2.05, 4.69) is 100 Å². The first-order chi connectivity index (χ1) is 17.9. The van der Waals surface area contributed by atoms with Crippen LogP contribution >= 0.6 is 34.3 Å². The van der Waals surface area contributed by atoms with Gasteiger partial charge in [-0.15, -0.1) is 22.7 Å². The Hall–Kier alpha value is -2.40. The molecule has 3 aromatic rings. The van der Waals surface area contributed by atoms with Gasteiger partial charge in [-0.3, -0.25) is 4.79 Å². The Kier molecular flexibility index (Phi) is 5.99. The first-order valence-corrected chi connectivity index (χ1v) is 15.4.